The highest BCUT2D eigenvalue weighted by molar-refractivity contribution is 5.93. The third-order valence-corrected chi connectivity index (χ3v) is 4.34. The molecule has 1 amide bonds. The van der Waals surface area contributed by atoms with Crippen LogP contribution in [-0.2, 0) is 6.42 Å². The van der Waals surface area contributed by atoms with E-state index < -0.39 is 5.97 Å². The summed E-state index contributed by atoms with van der Waals surface area (Å²) in [4.78, 5) is 23.7. The number of nitrogens with zero attached hydrogens (tertiary/aromatic N) is 3. The third-order valence-electron chi connectivity index (χ3n) is 4.34. The lowest BCUT2D eigenvalue weighted by Gasteiger charge is -2.15. The fourth-order valence-corrected chi connectivity index (χ4v) is 3.17. The molecule has 0 bridgehead atoms. The second-order valence-electron chi connectivity index (χ2n) is 5.75. The van der Waals surface area contributed by atoms with Crippen molar-refractivity contribution in [1.82, 2.24) is 19.9 Å². The number of benzene rings is 1. The highest BCUT2D eigenvalue weighted by Gasteiger charge is 2.25. The van der Waals surface area contributed by atoms with Gasteiger partial charge < -0.3 is 10.4 Å². The van der Waals surface area contributed by atoms with Crippen LogP contribution in [0.25, 0.3) is 5.65 Å². The Morgan fingerprint density at radius 3 is 2.96 bits per heavy atom. The molecule has 2 aromatic heterocycles. The fraction of sp³-hybridized carbons (Fsp3) is 0.176. The van der Waals surface area contributed by atoms with E-state index in [-0.39, 0.29) is 17.5 Å². The van der Waals surface area contributed by atoms with Crippen molar-refractivity contribution in [2.24, 2.45) is 0 Å². The molecule has 4 rings (SSSR count). The van der Waals surface area contributed by atoms with Crippen LogP contribution in [0.2, 0.25) is 0 Å². The molecule has 2 N–H and O–H groups in total. The Hall–Kier alpha value is -3.22. The molecule has 0 aliphatic heterocycles. The molecule has 120 valence electrons. The molecule has 0 spiro atoms. The first-order valence-corrected chi connectivity index (χ1v) is 7.59. The Labute approximate surface area is 137 Å². The summed E-state index contributed by atoms with van der Waals surface area (Å²) in [5, 5.41) is 19.8. The van der Waals surface area contributed by atoms with Gasteiger partial charge in [-0.05, 0) is 48.2 Å². The maximum absolute atomic E-state index is 12.6. The van der Waals surface area contributed by atoms with Crippen molar-refractivity contribution >= 4 is 17.5 Å². The number of hydrogen-bond donors (Lipinski definition) is 2. The molecule has 2 heterocycles. The van der Waals surface area contributed by atoms with E-state index in [1.165, 1.54) is 6.33 Å². The first kappa shape index (κ1) is 14.4. The smallest absolute Gasteiger partial charge is 0.335 e. The largest absolute Gasteiger partial charge is 0.478 e. The normalized spacial score (nSPS) is 16.1. The van der Waals surface area contributed by atoms with Crippen molar-refractivity contribution in [3.63, 3.8) is 0 Å². The highest BCUT2D eigenvalue weighted by atomic mass is 16.4. The lowest BCUT2D eigenvalue weighted by atomic mass is 10.0. The van der Waals surface area contributed by atoms with Gasteiger partial charge in [-0.2, -0.15) is 0 Å². The van der Waals surface area contributed by atoms with Gasteiger partial charge in [-0.3, -0.25) is 9.20 Å². The number of carboxylic acid groups (broad SMARTS) is 1. The molecule has 1 aliphatic carbocycles. The highest BCUT2D eigenvalue weighted by Crippen LogP contribution is 2.32. The maximum atomic E-state index is 12.6. The Balaban J connectivity index is 1.60. The molecule has 1 aromatic carbocycles. The minimum atomic E-state index is -0.940. The van der Waals surface area contributed by atoms with Crippen molar-refractivity contribution in [3.8, 4) is 0 Å². The van der Waals surface area contributed by atoms with E-state index in [1.807, 2.05) is 0 Å². The average Bonchev–Trinajstić information content (AvgIpc) is 3.20. The number of carbonyl (C=O) groups is 2. The van der Waals surface area contributed by atoms with Gasteiger partial charge >= 0.3 is 5.97 Å². The van der Waals surface area contributed by atoms with Crippen LogP contribution in [0.5, 0.6) is 0 Å². The number of aromatic nitrogens is 3. The zero-order chi connectivity index (χ0) is 16.7. The van der Waals surface area contributed by atoms with Crippen LogP contribution < -0.4 is 5.32 Å². The number of pyridine rings is 1. The van der Waals surface area contributed by atoms with Gasteiger partial charge in [-0.25, -0.2) is 4.79 Å². The summed E-state index contributed by atoms with van der Waals surface area (Å²) >= 11 is 0. The molecule has 1 atom stereocenters. The number of hydrogen-bond acceptors (Lipinski definition) is 4. The molecule has 24 heavy (non-hydrogen) atoms. The zero-order valence-corrected chi connectivity index (χ0v) is 12.6. The fourth-order valence-electron chi connectivity index (χ4n) is 3.17. The lowest BCUT2D eigenvalue weighted by molar-refractivity contribution is 0.0696. The van der Waals surface area contributed by atoms with Gasteiger partial charge in [0.15, 0.2) is 5.65 Å². The van der Waals surface area contributed by atoms with Gasteiger partial charge in [-0.1, -0.05) is 12.1 Å². The summed E-state index contributed by atoms with van der Waals surface area (Å²) in [6.07, 6.45) is 3.01. The minimum Gasteiger partial charge on any atom is -0.478 e. The molecule has 7 nitrogen and oxygen atoms in total. The molecule has 1 aliphatic rings. The number of carboxylic acids is 1. The van der Waals surface area contributed by atoms with E-state index in [9.17, 15) is 9.59 Å². The van der Waals surface area contributed by atoms with E-state index in [1.54, 1.807) is 40.8 Å². The topological polar surface area (TPSA) is 96.6 Å². The summed E-state index contributed by atoms with van der Waals surface area (Å²) in [5.74, 6) is -1.15. The van der Waals surface area contributed by atoms with Gasteiger partial charge in [0.1, 0.15) is 12.0 Å². The van der Waals surface area contributed by atoms with Crippen LogP contribution >= 0.6 is 0 Å². The van der Waals surface area contributed by atoms with Gasteiger partial charge in [0.25, 0.3) is 5.91 Å². The Morgan fingerprint density at radius 2 is 2.12 bits per heavy atom. The number of aromatic carboxylic acids is 1. The Morgan fingerprint density at radius 1 is 1.25 bits per heavy atom. The SMILES string of the molecule is O=C(O)c1ccc2c(c1)CCC2NC(=O)c1cccc2nncn12. The number of nitrogens with one attached hydrogen (secondary N) is 1. The van der Waals surface area contributed by atoms with Crippen LogP contribution in [-0.4, -0.2) is 31.6 Å². The molecular weight excluding hydrogens is 308 g/mol. The van der Waals surface area contributed by atoms with Crippen molar-refractivity contribution < 1.29 is 14.7 Å². The second-order valence-corrected chi connectivity index (χ2v) is 5.75. The zero-order valence-electron chi connectivity index (χ0n) is 12.6. The maximum Gasteiger partial charge on any atom is 0.335 e. The van der Waals surface area contributed by atoms with Crippen molar-refractivity contribution in [1.29, 1.82) is 0 Å². The molecule has 0 saturated carbocycles. The van der Waals surface area contributed by atoms with E-state index in [4.69, 9.17) is 5.11 Å². The first-order valence-electron chi connectivity index (χ1n) is 7.59. The minimum absolute atomic E-state index is 0.123. The van der Waals surface area contributed by atoms with Gasteiger partial charge in [0, 0.05) is 0 Å². The summed E-state index contributed by atoms with van der Waals surface area (Å²) < 4.78 is 1.64. The van der Waals surface area contributed by atoms with Crippen molar-refractivity contribution in [2.45, 2.75) is 18.9 Å². The van der Waals surface area contributed by atoms with Crippen molar-refractivity contribution in [3.05, 3.63) is 65.1 Å². The molecule has 1 unspecified atom stereocenters. The molecule has 7 heteroatoms. The first-order chi connectivity index (χ1) is 11.6. The Kier molecular flexibility index (Phi) is 3.26. The van der Waals surface area contributed by atoms with Gasteiger partial charge in [0.05, 0.1) is 11.6 Å². The monoisotopic (exact) mass is 322 g/mol. The second kappa shape index (κ2) is 5.45. The van der Waals surface area contributed by atoms with E-state index >= 15 is 0 Å². The Bertz CT molecular complexity index is 963. The number of carbonyl (C=O) groups excluding carboxylic acids is 1. The van der Waals surface area contributed by atoms with Gasteiger partial charge in [-0.15, -0.1) is 10.2 Å². The van der Waals surface area contributed by atoms with Crippen LogP contribution in [0.4, 0.5) is 0 Å². The summed E-state index contributed by atoms with van der Waals surface area (Å²) in [7, 11) is 0. The molecule has 0 radical (unpaired) electrons. The summed E-state index contributed by atoms with van der Waals surface area (Å²) in [6.45, 7) is 0. The summed E-state index contributed by atoms with van der Waals surface area (Å²) in [6, 6.07) is 10.2. The molecule has 3 aromatic rings. The van der Waals surface area contributed by atoms with Crippen molar-refractivity contribution in [2.75, 3.05) is 0 Å². The molecular formula is C17H14N4O3. The van der Waals surface area contributed by atoms with E-state index in [2.05, 4.69) is 15.5 Å². The summed E-state index contributed by atoms with van der Waals surface area (Å²) in [5.41, 5.74) is 3.30. The molecule has 0 saturated heterocycles. The van der Waals surface area contributed by atoms with Gasteiger partial charge in [0.2, 0.25) is 0 Å². The lowest BCUT2D eigenvalue weighted by Crippen LogP contribution is -2.28. The number of fused-ring (bicyclic) bond motifs is 2. The standard InChI is InChI=1S/C17H14N4O3/c22-16(14-2-1-3-15-20-18-9-21(14)15)19-13-7-5-10-8-11(17(23)24)4-6-12(10)13/h1-4,6,8-9,13H,5,7H2,(H,19,22)(H,23,24). The average molecular weight is 322 g/mol. The van der Waals surface area contributed by atoms with E-state index in [0.717, 1.165) is 24.0 Å². The number of rotatable bonds is 3. The van der Waals surface area contributed by atoms with Crippen LogP contribution in [0, 0.1) is 0 Å². The van der Waals surface area contributed by atoms with Crippen LogP contribution in [0.1, 0.15) is 44.4 Å². The predicted molar refractivity (Wildman–Crippen MR) is 84.9 cm³/mol. The number of aryl methyl sites for hydroxylation is 1. The third kappa shape index (κ3) is 2.30. The predicted octanol–water partition coefficient (Wildman–Crippen LogP) is 1.84. The van der Waals surface area contributed by atoms with Crippen LogP contribution in [0.15, 0.2) is 42.7 Å². The number of amides is 1. The molecule has 0 fully saturated rings. The quantitative estimate of drug-likeness (QED) is 0.767. The van der Waals surface area contributed by atoms with E-state index in [0.29, 0.717) is 11.3 Å². The van der Waals surface area contributed by atoms with Crippen LogP contribution in [0.3, 0.4) is 0 Å².